The third-order valence-electron chi connectivity index (χ3n) is 5.41. The minimum absolute atomic E-state index is 0.237. The molecule has 0 unspecified atom stereocenters. The summed E-state index contributed by atoms with van der Waals surface area (Å²) in [5, 5.41) is 4.10. The van der Waals surface area contributed by atoms with Crippen LogP contribution in [0.3, 0.4) is 0 Å². The highest BCUT2D eigenvalue weighted by Gasteiger charge is 2.14. The summed E-state index contributed by atoms with van der Waals surface area (Å²) in [4.78, 5) is 15.4. The predicted molar refractivity (Wildman–Crippen MR) is 126 cm³/mol. The number of fused-ring (bicyclic) bond motifs is 1. The van der Waals surface area contributed by atoms with E-state index in [1.165, 1.54) is 0 Å². The molecule has 1 saturated heterocycles. The molecule has 31 heavy (non-hydrogen) atoms. The summed E-state index contributed by atoms with van der Waals surface area (Å²) < 4.78 is 15.2. The van der Waals surface area contributed by atoms with Crippen molar-refractivity contribution >= 4 is 34.3 Å². The molecule has 0 radical (unpaired) electrons. The summed E-state index contributed by atoms with van der Waals surface area (Å²) in [7, 11) is 0. The van der Waals surface area contributed by atoms with E-state index in [0.717, 1.165) is 52.4 Å². The van der Waals surface area contributed by atoms with E-state index < -0.39 is 0 Å². The van der Waals surface area contributed by atoms with E-state index in [2.05, 4.69) is 25.2 Å². The first-order valence-corrected chi connectivity index (χ1v) is 11.4. The highest BCUT2D eigenvalue weighted by atomic mass is 32.2. The standard InChI is InChI=1S/C24H22FN5S/c25-23-20(18-4-5-21-19(14-18)2-1-8-26-21)7-9-27-24(23)29-16-17-3-6-22(28-15-17)30-10-12-31-13-11-30/h1-9,14-15H,10-13,16H2,(H,27,29). The molecular formula is C24H22FN5S. The molecule has 1 aliphatic heterocycles. The van der Waals surface area contributed by atoms with Gasteiger partial charge in [-0.2, -0.15) is 11.8 Å². The van der Waals surface area contributed by atoms with E-state index in [1.54, 1.807) is 18.5 Å². The molecule has 7 heteroatoms. The zero-order chi connectivity index (χ0) is 21.0. The smallest absolute Gasteiger partial charge is 0.173 e. The zero-order valence-electron chi connectivity index (χ0n) is 17.0. The molecule has 4 aromatic rings. The molecular weight excluding hydrogens is 409 g/mol. The quantitative estimate of drug-likeness (QED) is 0.480. The minimum atomic E-state index is -0.360. The van der Waals surface area contributed by atoms with Crippen molar-refractivity contribution in [3.8, 4) is 11.1 Å². The number of aromatic nitrogens is 3. The Hall–Kier alpha value is -3.19. The summed E-state index contributed by atoms with van der Waals surface area (Å²) in [6.07, 6.45) is 5.23. The molecule has 0 amide bonds. The number of hydrogen-bond donors (Lipinski definition) is 1. The molecule has 3 aromatic heterocycles. The van der Waals surface area contributed by atoms with Gasteiger partial charge in [0, 0.05) is 60.7 Å². The number of anilines is 2. The topological polar surface area (TPSA) is 53.9 Å². The molecule has 5 nitrogen and oxygen atoms in total. The van der Waals surface area contributed by atoms with Crippen molar-refractivity contribution in [1.82, 2.24) is 15.0 Å². The highest BCUT2D eigenvalue weighted by Crippen LogP contribution is 2.28. The predicted octanol–water partition coefficient (Wildman–Crippen LogP) is 5.00. The summed E-state index contributed by atoms with van der Waals surface area (Å²) in [6, 6.07) is 15.4. The normalized spacial score (nSPS) is 14.0. The molecule has 5 rings (SSSR count). The minimum Gasteiger partial charge on any atom is -0.363 e. The fourth-order valence-corrected chi connectivity index (χ4v) is 4.62. The maximum absolute atomic E-state index is 15.2. The number of rotatable bonds is 5. The van der Waals surface area contributed by atoms with Crippen molar-refractivity contribution in [3.05, 3.63) is 78.5 Å². The van der Waals surface area contributed by atoms with E-state index >= 15 is 4.39 Å². The van der Waals surface area contributed by atoms with E-state index in [4.69, 9.17) is 0 Å². The molecule has 0 saturated carbocycles. The van der Waals surface area contributed by atoms with Crippen LogP contribution in [0.1, 0.15) is 5.56 Å². The van der Waals surface area contributed by atoms with Crippen molar-refractivity contribution in [3.63, 3.8) is 0 Å². The zero-order valence-corrected chi connectivity index (χ0v) is 17.8. The van der Waals surface area contributed by atoms with Gasteiger partial charge in [0.2, 0.25) is 0 Å². The van der Waals surface area contributed by atoms with Gasteiger partial charge in [0.25, 0.3) is 0 Å². The van der Waals surface area contributed by atoms with Gasteiger partial charge in [-0.25, -0.2) is 14.4 Å². The van der Waals surface area contributed by atoms with Crippen LogP contribution < -0.4 is 10.2 Å². The van der Waals surface area contributed by atoms with Gasteiger partial charge in [-0.1, -0.05) is 18.2 Å². The maximum atomic E-state index is 15.2. The summed E-state index contributed by atoms with van der Waals surface area (Å²) in [6.45, 7) is 2.52. The molecule has 156 valence electrons. The average molecular weight is 432 g/mol. The second-order valence-corrected chi connectivity index (χ2v) is 8.63. The van der Waals surface area contributed by atoms with E-state index in [-0.39, 0.29) is 11.6 Å². The lowest BCUT2D eigenvalue weighted by Crippen LogP contribution is -2.33. The molecule has 0 atom stereocenters. The number of nitrogens with zero attached hydrogens (tertiary/aromatic N) is 4. The van der Waals surface area contributed by atoms with Crippen LogP contribution in [0.5, 0.6) is 0 Å². The Morgan fingerprint density at radius 3 is 2.71 bits per heavy atom. The molecule has 1 N–H and O–H groups in total. The van der Waals surface area contributed by atoms with Crippen LogP contribution in [-0.4, -0.2) is 39.5 Å². The first-order valence-electron chi connectivity index (χ1n) is 10.3. The van der Waals surface area contributed by atoms with Crippen LogP contribution in [0.15, 0.2) is 67.1 Å². The third-order valence-corrected chi connectivity index (χ3v) is 6.35. The van der Waals surface area contributed by atoms with Gasteiger partial charge >= 0.3 is 0 Å². The Morgan fingerprint density at radius 2 is 1.87 bits per heavy atom. The Morgan fingerprint density at radius 1 is 0.968 bits per heavy atom. The molecule has 1 aromatic carbocycles. The molecule has 0 bridgehead atoms. The van der Waals surface area contributed by atoms with E-state index in [9.17, 15) is 0 Å². The van der Waals surface area contributed by atoms with Gasteiger partial charge in [-0.05, 0) is 41.5 Å². The van der Waals surface area contributed by atoms with Crippen LogP contribution in [-0.2, 0) is 6.54 Å². The van der Waals surface area contributed by atoms with Gasteiger partial charge < -0.3 is 10.2 Å². The number of benzene rings is 1. The van der Waals surface area contributed by atoms with Gasteiger partial charge in [-0.3, -0.25) is 4.98 Å². The van der Waals surface area contributed by atoms with Crippen molar-refractivity contribution in [1.29, 1.82) is 0 Å². The average Bonchev–Trinajstić information content (AvgIpc) is 2.84. The fraction of sp³-hybridized carbons (Fsp3) is 0.208. The van der Waals surface area contributed by atoms with Crippen LogP contribution >= 0.6 is 11.8 Å². The number of nitrogens with one attached hydrogen (secondary N) is 1. The number of thioether (sulfide) groups is 1. The number of pyridine rings is 3. The molecule has 0 aliphatic carbocycles. The van der Waals surface area contributed by atoms with Crippen molar-refractivity contribution in [2.24, 2.45) is 0 Å². The van der Waals surface area contributed by atoms with E-state index in [1.807, 2.05) is 60.4 Å². The Labute approximate surface area is 184 Å². The monoisotopic (exact) mass is 431 g/mol. The van der Waals surface area contributed by atoms with Crippen molar-refractivity contribution < 1.29 is 4.39 Å². The maximum Gasteiger partial charge on any atom is 0.173 e. The highest BCUT2D eigenvalue weighted by molar-refractivity contribution is 7.99. The van der Waals surface area contributed by atoms with Crippen LogP contribution in [0, 0.1) is 5.82 Å². The molecule has 4 heterocycles. The van der Waals surface area contributed by atoms with Crippen molar-refractivity contribution in [2.45, 2.75) is 6.54 Å². The van der Waals surface area contributed by atoms with Gasteiger partial charge in [-0.15, -0.1) is 0 Å². The lowest BCUT2D eigenvalue weighted by molar-refractivity contribution is 0.628. The van der Waals surface area contributed by atoms with Crippen LogP contribution in [0.2, 0.25) is 0 Å². The van der Waals surface area contributed by atoms with Crippen LogP contribution in [0.25, 0.3) is 22.0 Å². The first-order chi connectivity index (χ1) is 15.3. The van der Waals surface area contributed by atoms with Crippen molar-refractivity contribution in [2.75, 3.05) is 34.8 Å². The van der Waals surface area contributed by atoms with Gasteiger partial charge in [0.05, 0.1) is 5.52 Å². The summed E-state index contributed by atoms with van der Waals surface area (Å²) >= 11 is 1.98. The lowest BCUT2D eigenvalue weighted by Gasteiger charge is -2.27. The second kappa shape index (κ2) is 8.89. The summed E-state index contributed by atoms with van der Waals surface area (Å²) in [5.41, 5.74) is 3.19. The SMILES string of the molecule is Fc1c(-c2ccc3ncccc3c2)ccnc1NCc1ccc(N2CCSCC2)nc1. The Bertz CT molecular complexity index is 1190. The largest absolute Gasteiger partial charge is 0.363 e. The number of halogens is 1. The Kier molecular flexibility index (Phi) is 5.67. The van der Waals surface area contributed by atoms with E-state index in [0.29, 0.717) is 12.1 Å². The molecule has 0 spiro atoms. The second-order valence-electron chi connectivity index (χ2n) is 7.41. The third kappa shape index (κ3) is 4.32. The van der Waals surface area contributed by atoms with Gasteiger partial charge in [0.15, 0.2) is 11.6 Å². The lowest BCUT2D eigenvalue weighted by atomic mass is 10.0. The molecule has 1 aliphatic rings. The molecule has 1 fully saturated rings. The number of hydrogen-bond acceptors (Lipinski definition) is 6. The van der Waals surface area contributed by atoms with Crippen LogP contribution in [0.4, 0.5) is 16.0 Å². The first kappa shape index (κ1) is 19.8. The fourth-order valence-electron chi connectivity index (χ4n) is 3.72. The Balaban J connectivity index is 1.32. The van der Waals surface area contributed by atoms with Gasteiger partial charge in [0.1, 0.15) is 5.82 Å². The summed E-state index contributed by atoms with van der Waals surface area (Å²) in [5.74, 6) is 3.16.